The van der Waals surface area contributed by atoms with Gasteiger partial charge in [0.15, 0.2) is 0 Å². The second kappa shape index (κ2) is 3.60. The third kappa shape index (κ3) is 1.37. The van der Waals surface area contributed by atoms with Gasteiger partial charge in [-0.1, -0.05) is 18.2 Å². The molecule has 17 heavy (non-hydrogen) atoms. The average molecular weight is 243 g/mol. The van der Waals surface area contributed by atoms with Crippen molar-refractivity contribution in [1.29, 1.82) is 0 Å². The van der Waals surface area contributed by atoms with E-state index in [4.69, 9.17) is 11.5 Å². The molecule has 4 heteroatoms. The molecule has 86 valence electrons. The Morgan fingerprint density at radius 3 is 2.71 bits per heavy atom. The number of anilines is 2. The minimum atomic E-state index is 0.745. The number of aromatic amines is 1. The van der Waals surface area contributed by atoms with Crippen molar-refractivity contribution in [3.63, 3.8) is 0 Å². The molecule has 0 aliphatic rings. The number of para-hydroxylation sites is 1. The highest BCUT2D eigenvalue weighted by molar-refractivity contribution is 7.98. The minimum Gasteiger partial charge on any atom is -0.397 e. The van der Waals surface area contributed by atoms with Crippen LogP contribution in [0.2, 0.25) is 0 Å². The fourth-order valence-corrected chi connectivity index (χ4v) is 2.79. The molecule has 2 aromatic carbocycles. The lowest BCUT2D eigenvalue weighted by atomic mass is 10.1. The Morgan fingerprint density at radius 2 is 1.94 bits per heavy atom. The maximum absolute atomic E-state index is 6.21. The molecule has 1 aromatic heterocycles. The summed E-state index contributed by atoms with van der Waals surface area (Å²) in [7, 11) is 0. The molecule has 0 unspecified atom stereocenters. The first-order valence-corrected chi connectivity index (χ1v) is 6.57. The smallest absolute Gasteiger partial charge is 0.0720 e. The van der Waals surface area contributed by atoms with Crippen LogP contribution in [-0.4, -0.2) is 11.2 Å². The Labute approximate surface area is 103 Å². The zero-order chi connectivity index (χ0) is 12.0. The van der Waals surface area contributed by atoms with E-state index in [2.05, 4.69) is 11.1 Å². The van der Waals surface area contributed by atoms with Crippen LogP contribution < -0.4 is 11.5 Å². The molecule has 0 radical (unpaired) electrons. The van der Waals surface area contributed by atoms with Crippen LogP contribution >= 0.6 is 11.8 Å². The minimum absolute atomic E-state index is 0.745. The van der Waals surface area contributed by atoms with Gasteiger partial charge in [-0.25, -0.2) is 0 Å². The third-order valence-corrected chi connectivity index (χ3v) is 3.81. The number of nitrogens with one attached hydrogen (secondary N) is 1. The number of fused-ring (bicyclic) bond motifs is 3. The highest BCUT2D eigenvalue weighted by Crippen LogP contribution is 2.38. The van der Waals surface area contributed by atoms with Gasteiger partial charge in [0.2, 0.25) is 0 Å². The van der Waals surface area contributed by atoms with Gasteiger partial charge in [0.1, 0.15) is 0 Å². The number of benzene rings is 2. The Kier molecular flexibility index (Phi) is 2.19. The number of aromatic nitrogens is 1. The quantitative estimate of drug-likeness (QED) is 0.454. The summed E-state index contributed by atoms with van der Waals surface area (Å²) in [5.74, 6) is 0. The summed E-state index contributed by atoms with van der Waals surface area (Å²) in [5, 5.41) is 2.16. The molecule has 0 saturated heterocycles. The summed E-state index contributed by atoms with van der Waals surface area (Å²) >= 11 is 1.62. The van der Waals surface area contributed by atoms with E-state index in [1.165, 1.54) is 0 Å². The lowest BCUT2D eigenvalue weighted by molar-refractivity contribution is 1.48. The summed E-state index contributed by atoms with van der Waals surface area (Å²) in [6, 6.07) is 10.0. The Morgan fingerprint density at radius 1 is 1.18 bits per heavy atom. The molecule has 1 heterocycles. The maximum Gasteiger partial charge on any atom is 0.0720 e. The molecule has 0 fully saturated rings. The van der Waals surface area contributed by atoms with Gasteiger partial charge in [-0.05, 0) is 18.4 Å². The number of nitrogens with two attached hydrogens (primary N) is 2. The van der Waals surface area contributed by atoms with Gasteiger partial charge in [-0.15, -0.1) is 11.8 Å². The molecule has 3 nitrogen and oxygen atoms in total. The first-order chi connectivity index (χ1) is 8.22. The Balaban J connectivity index is 2.58. The van der Waals surface area contributed by atoms with Crippen LogP contribution in [0.5, 0.6) is 0 Å². The van der Waals surface area contributed by atoms with Crippen molar-refractivity contribution in [2.24, 2.45) is 0 Å². The predicted octanol–water partition coefficient (Wildman–Crippen LogP) is 3.21. The van der Waals surface area contributed by atoms with E-state index in [-0.39, 0.29) is 0 Å². The average Bonchev–Trinajstić information content (AvgIpc) is 2.73. The number of H-pyrrole nitrogens is 1. The summed E-state index contributed by atoms with van der Waals surface area (Å²) in [5.41, 5.74) is 15.8. The van der Waals surface area contributed by atoms with E-state index < -0.39 is 0 Å². The van der Waals surface area contributed by atoms with Gasteiger partial charge >= 0.3 is 0 Å². The fraction of sp³-hybridized carbons (Fsp3) is 0.0769. The van der Waals surface area contributed by atoms with Crippen LogP contribution in [0.4, 0.5) is 11.4 Å². The van der Waals surface area contributed by atoms with Crippen molar-refractivity contribution in [1.82, 2.24) is 4.98 Å². The summed E-state index contributed by atoms with van der Waals surface area (Å²) in [6.45, 7) is 0. The van der Waals surface area contributed by atoms with Gasteiger partial charge in [-0.2, -0.15) is 0 Å². The second-order valence-electron chi connectivity index (χ2n) is 4.00. The second-order valence-corrected chi connectivity index (χ2v) is 4.85. The molecule has 0 amide bonds. The topological polar surface area (TPSA) is 67.8 Å². The summed E-state index contributed by atoms with van der Waals surface area (Å²) in [4.78, 5) is 4.35. The van der Waals surface area contributed by atoms with E-state index in [0.717, 1.165) is 38.1 Å². The van der Waals surface area contributed by atoms with E-state index in [1.807, 2.05) is 30.5 Å². The maximum atomic E-state index is 6.21. The van der Waals surface area contributed by atoms with Crippen molar-refractivity contribution >= 4 is 44.9 Å². The molecular weight excluding hydrogens is 230 g/mol. The normalized spacial score (nSPS) is 11.4. The molecule has 0 aliphatic carbocycles. The Hall–Kier alpha value is -1.81. The lowest BCUT2D eigenvalue weighted by Gasteiger charge is -2.06. The van der Waals surface area contributed by atoms with Crippen LogP contribution in [0.25, 0.3) is 21.8 Å². The number of rotatable bonds is 1. The zero-order valence-corrected chi connectivity index (χ0v) is 10.3. The van der Waals surface area contributed by atoms with Gasteiger partial charge in [0.05, 0.1) is 16.9 Å². The van der Waals surface area contributed by atoms with Crippen molar-refractivity contribution in [2.45, 2.75) is 4.90 Å². The van der Waals surface area contributed by atoms with Crippen LogP contribution in [-0.2, 0) is 0 Å². The standard InChI is InChI=1S/C13H13N3S/c1-17-10-6-8(14)13-11(12(10)15)7-4-2-3-5-9(7)16-13/h2-6,16H,14-15H2,1H3. The molecule has 0 bridgehead atoms. The molecule has 0 saturated carbocycles. The van der Waals surface area contributed by atoms with Gasteiger partial charge in [-0.3, -0.25) is 0 Å². The van der Waals surface area contributed by atoms with E-state index in [9.17, 15) is 0 Å². The summed E-state index contributed by atoms with van der Waals surface area (Å²) < 4.78 is 0. The van der Waals surface area contributed by atoms with E-state index in [0.29, 0.717) is 0 Å². The summed E-state index contributed by atoms with van der Waals surface area (Å²) in [6.07, 6.45) is 2.01. The molecule has 0 atom stereocenters. The largest absolute Gasteiger partial charge is 0.397 e. The van der Waals surface area contributed by atoms with Crippen LogP contribution in [0.15, 0.2) is 35.2 Å². The molecular formula is C13H13N3S. The van der Waals surface area contributed by atoms with Gasteiger partial charge < -0.3 is 16.5 Å². The van der Waals surface area contributed by atoms with E-state index in [1.54, 1.807) is 11.8 Å². The van der Waals surface area contributed by atoms with Crippen LogP contribution in [0.1, 0.15) is 0 Å². The predicted molar refractivity (Wildman–Crippen MR) is 76.4 cm³/mol. The molecule has 5 N–H and O–H groups in total. The third-order valence-electron chi connectivity index (χ3n) is 3.04. The molecule has 3 rings (SSSR count). The number of hydrogen-bond acceptors (Lipinski definition) is 3. The number of nitrogen functional groups attached to an aromatic ring is 2. The van der Waals surface area contributed by atoms with Crippen molar-refractivity contribution in [2.75, 3.05) is 17.7 Å². The van der Waals surface area contributed by atoms with Gasteiger partial charge in [0, 0.05) is 21.2 Å². The first-order valence-electron chi connectivity index (χ1n) is 5.34. The van der Waals surface area contributed by atoms with Gasteiger partial charge in [0.25, 0.3) is 0 Å². The SMILES string of the molecule is CSc1cc(N)c2[nH]c3ccccc3c2c1N. The highest BCUT2D eigenvalue weighted by Gasteiger charge is 2.12. The zero-order valence-electron chi connectivity index (χ0n) is 9.45. The van der Waals surface area contributed by atoms with E-state index >= 15 is 0 Å². The molecule has 0 aliphatic heterocycles. The lowest BCUT2D eigenvalue weighted by Crippen LogP contribution is -1.94. The monoisotopic (exact) mass is 243 g/mol. The van der Waals surface area contributed by atoms with Crippen LogP contribution in [0, 0.1) is 0 Å². The van der Waals surface area contributed by atoms with Crippen molar-refractivity contribution in [3.8, 4) is 0 Å². The van der Waals surface area contributed by atoms with Crippen molar-refractivity contribution < 1.29 is 0 Å². The molecule has 3 aromatic rings. The van der Waals surface area contributed by atoms with Crippen LogP contribution in [0.3, 0.4) is 0 Å². The number of hydrogen-bond donors (Lipinski definition) is 3. The number of thioether (sulfide) groups is 1. The van der Waals surface area contributed by atoms with Crippen molar-refractivity contribution in [3.05, 3.63) is 30.3 Å². The molecule has 0 spiro atoms. The first kappa shape index (κ1) is 10.4. The fourth-order valence-electron chi connectivity index (χ4n) is 2.22. The Bertz CT molecular complexity index is 715. The highest BCUT2D eigenvalue weighted by atomic mass is 32.2.